The first kappa shape index (κ1) is 35.3. The van der Waals surface area contributed by atoms with Crippen molar-refractivity contribution in [3.8, 4) is 5.75 Å². The summed E-state index contributed by atoms with van der Waals surface area (Å²) in [6.45, 7) is 6.74. The third-order valence-electron chi connectivity index (χ3n) is 10.8. The van der Waals surface area contributed by atoms with E-state index in [9.17, 15) is 39.9 Å². The molecule has 3 saturated heterocycles. The molecule has 0 radical (unpaired) electrons. The molecule has 0 saturated carbocycles. The van der Waals surface area contributed by atoms with Gasteiger partial charge in [0.2, 0.25) is 0 Å². The van der Waals surface area contributed by atoms with Crippen LogP contribution in [0.25, 0.3) is 0 Å². The number of benzene rings is 2. The van der Waals surface area contributed by atoms with E-state index >= 15 is 0 Å². The Kier molecular flexibility index (Phi) is 9.28. The highest BCUT2D eigenvalue weighted by Gasteiger charge is 2.45. The predicted octanol–water partition coefficient (Wildman–Crippen LogP) is 2.41. The maximum Gasteiger partial charge on any atom is 0.198 e. The zero-order chi connectivity index (χ0) is 35.8. The lowest BCUT2D eigenvalue weighted by atomic mass is 9.73. The Morgan fingerprint density at radius 3 is 2.08 bits per heavy atom. The van der Waals surface area contributed by atoms with E-state index < -0.39 is 90.1 Å². The lowest BCUT2D eigenvalue weighted by molar-refractivity contribution is -0.306. The topological polar surface area (TPSA) is 199 Å². The van der Waals surface area contributed by atoms with Gasteiger partial charge in [-0.05, 0) is 51.8 Å². The molecule has 13 heteroatoms. The number of carbonyl (C=O) groups is 3. The second-order valence-electron chi connectivity index (χ2n) is 14.7. The monoisotopic (exact) mass is 696 g/mol. The minimum Gasteiger partial charge on any atom is -0.507 e. The molecular formula is C37H44O13. The number of carbonyl (C=O) groups excluding carboxylic acids is 3. The van der Waals surface area contributed by atoms with Crippen LogP contribution in [0.1, 0.15) is 119 Å². The average Bonchev–Trinajstić information content (AvgIpc) is 3.04. The number of ketones is 3. The quantitative estimate of drug-likeness (QED) is 0.261. The van der Waals surface area contributed by atoms with Crippen LogP contribution in [0.3, 0.4) is 0 Å². The fourth-order valence-corrected chi connectivity index (χ4v) is 8.09. The van der Waals surface area contributed by atoms with Crippen LogP contribution in [0.15, 0.2) is 24.3 Å². The fraction of sp³-hybridized carbons (Fsp3) is 0.595. The van der Waals surface area contributed by atoms with Crippen molar-refractivity contribution in [3.05, 3.63) is 63.2 Å². The minimum atomic E-state index is -1.25. The summed E-state index contributed by atoms with van der Waals surface area (Å²) in [6, 6.07) is 6.01. The standard InChI is InChI=1S/C37H44O13/c1-15-24(49-28-11-22(38)32(40)16(2)48-28)9-10-27(47-15)50-26-12-25(46-17(3)33(26)41)19-7-8-21-31(34(19)42)36(44)20-6-5-18-13-37(4,45)14-23(39)29(18)30(20)35(21)43/h5-8,15-17,22,24-28,32-33,38,40-42,45H,9-14H2,1-4H3/t15-,16+,17+,22+,24-,25?,26+,27-,28-,32+,33+,37+/m0/s1. The second kappa shape index (κ2) is 13.1. The maximum atomic E-state index is 13.9. The number of fused-ring (bicyclic) bond motifs is 4. The van der Waals surface area contributed by atoms with E-state index in [1.165, 1.54) is 18.2 Å². The summed E-state index contributed by atoms with van der Waals surface area (Å²) in [7, 11) is 0. The van der Waals surface area contributed by atoms with Crippen molar-refractivity contribution in [2.45, 2.75) is 139 Å². The Morgan fingerprint density at radius 1 is 0.720 bits per heavy atom. The van der Waals surface area contributed by atoms with Crippen molar-refractivity contribution in [2.75, 3.05) is 0 Å². The molecule has 2 aliphatic carbocycles. The zero-order valence-corrected chi connectivity index (χ0v) is 28.4. The molecule has 270 valence electrons. The third-order valence-corrected chi connectivity index (χ3v) is 10.8. The average molecular weight is 697 g/mol. The van der Waals surface area contributed by atoms with E-state index in [0.717, 1.165) is 0 Å². The van der Waals surface area contributed by atoms with E-state index in [4.69, 9.17) is 23.7 Å². The van der Waals surface area contributed by atoms with Gasteiger partial charge in [-0.2, -0.15) is 0 Å². The largest absolute Gasteiger partial charge is 0.507 e. The van der Waals surface area contributed by atoms with Crippen LogP contribution < -0.4 is 0 Å². The van der Waals surface area contributed by atoms with Gasteiger partial charge in [-0.3, -0.25) is 14.4 Å². The summed E-state index contributed by atoms with van der Waals surface area (Å²) < 4.78 is 30.3. The van der Waals surface area contributed by atoms with Crippen LogP contribution in [0.5, 0.6) is 5.75 Å². The van der Waals surface area contributed by atoms with Crippen molar-refractivity contribution in [1.82, 2.24) is 0 Å². The second-order valence-corrected chi connectivity index (χ2v) is 14.7. The number of phenols is 1. The summed E-state index contributed by atoms with van der Waals surface area (Å²) in [4.78, 5) is 40.8. The van der Waals surface area contributed by atoms with Crippen LogP contribution in [0.4, 0.5) is 0 Å². The Morgan fingerprint density at radius 2 is 1.36 bits per heavy atom. The SMILES string of the molecule is C[C@@H]1O[C@@H](O[C@@H]2CC(c3ccc4c(c3O)C(=O)c3ccc5c(c3C4=O)C(=O)C[C@](C)(O)C5)O[C@H](C)[C@H]2O)CC[C@@H]1O[C@H]1C[C@@H](O)[C@H](O)[C@@H](C)O1. The summed E-state index contributed by atoms with van der Waals surface area (Å²) >= 11 is 0. The van der Waals surface area contributed by atoms with Gasteiger partial charge >= 0.3 is 0 Å². The van der Waals surface area contributed by atoms with E-state index in [1.54, 1.807) is 26.8 Å². The predicted molar refractivity (Wildman–Crippen MR) is 173 cm³/mol. The number of rotatable bonds is 5. The molecule has 13 nitrogen and oxygen atoms in total. The fourth-order valence-electron chi connectivity index (χ4n) is 8.09. The van der Waals surface area contributed by atoms with Crippen molar-refractivity contribution < 1.29 is 63.6 Å². The lowest BCUT2D eigenvalue weighted by Crippen LogP contribution is -2.51. The molecule has 3 fully saturated rings. The van der Waals surface area contributed by atoms with Crippen LogP contribution in [0, 0.1) is 0 Å². The normalized spacial score (nSPS) is 38.7. The van der Waals surface area contributed by atoms with Crippen LogP contribution in [-0.2, 0) is 30.1 Å². The molecule has 7 rings (SSSR count). The van der Waals surface area contributed by atoms with Crippen molar-refractivity contribution in [1.29, 1.82) is 0 Å². The molecule has 0 aromatic heterocycles. The van der Waals surface area contributed by atoms with Crippen LogP contribution in [-0.4, -0.2) is 110 Å². The lowest BCUT2D eigenvalue weighted by Gasteiger charge is -2.43. The maximum absolute atomic E-state index is 13.9. The zero-order valence-electron chi connectivity index (χ0n) is 28.4. The molecule has 0 amide bonds. The first-order chi connectivity index (χ1) is 23.6. The highest BCUT2D eigenvalue weighted by molar-refractivity contribution is 6.32. The Hall–Kier alpha value is -3.11. The van der Waals surface area contributed by atoms with Gasteiger partial charge in [-0.25, -0.2) is 0 Å². The number of aliphatic hydroxyl groups excluding tert-OH is 3. The number of Topliss-reactive ketones (excluding diaryl/α,β-unsaturated/α-hetero) is 1. The Balaban J connectivity index is 1.06. The highest BCUT2D eigenvalue weighted by Crippen LogP contribution is 2.44. The smallest absolute Gasteiger partial charge is 0.198 e. The van der Waals surface area contributed by atoms with Gasteiger partial charge in [0, 0.05) is 59.9 Å². The Bertz CT molecular complexity index is 1690. The van der Waals surface area contributed by atoms with Crippen molar-refractivity contribution in [2.24, 2.45) is 0 Å². The molecular weight excluding hydrogens is 652 g/mol. The first-order valence-corrected chi connectivity index (χ1v) is 17.3. The van der Waals surface area contributed by atoms with Gasteiger partial charge in [0.05, 0.1) is 53.9 Å². The molecule has 12 atom stereocenters. The number of ether oxygens (including phenoxy) is 5. The number of hydrogen-bond donors (Lipinski definition) is 5. The molecule has 50 heavy (non-hydrogen) atoms. The van der Waals surface area contributed by atoms with Gasteiger partial charge in [-0.15, -0.1) is 0 Å². The summed E-state index contributed by atoms with van der Waals surface area (Å²) in [5.74, 6) is -1.98. The molecule has 2 aromatic carbocycles. The van der Waals surface area contributed by atoms with Crippen molar-refractivity contribution >= 4 is 17.3 Å². The van der Waals surface area contributed by atoms with Gasteiger partial charge in [-0.1, -0.05) is 12.1 Å². The van der Waals surface area contributed by atoms with Crippen molar-refractivity contribution in [3.63, 3.8) is 0 Å². The molecule has 1 unspecified atom stereocenters. The molecule has 3 aliphatic heterocycles. The number of phenolic OH excluding ortho intramolecular Hbond substituents is 1. The summed E-state index contributed by atoms with van der Waals surface area (Å²) in [5, 5.41) is 53.2. The Labute approximate surface area is 289 Å². The van der Waals surface area contributed by atoms with Gasteiger partial charge < -0.3 is 49.2 Å². The molecule has 2 aromatic rings. The number of aromatic hydroxyl groups is 1. The third kappa shape index (κ3) is 6.22. The molecule has 0 spiro atoms. The van der Waals surface area contributed by atoms with E-state index in [1.807, 2.05) is 6.92 Å². The van der Waals surface area contributed by atoms with Gasteiger partial charge in [0.25, 0.3) is 0 Å². The summed E-state index contributed by atoms with van der Waals surface area (Å²) in [5.41, 5.74) is -0.546. The minimum absolute atomic E-state index is 0.00154. The van der Waals surface area contributed by atoms with Gasteiger partial charge in [0.1, 0.15) is 18.0 Å². The first-order valence-electron chi connectivity index (χ1n) is 17.3. The summed E-state index contributed by atoms with van der Waals surface area (Å²) in [6.07, 6.45) is -6.73. The molecule has 0 bridgehead atoms. The van der Waals surface area contributed by atoms with E-state index in [2.05, 4.69) is 0 Å². The highest BCUT2D eigenvalue weighted by atomic mass is 16.7. The van der Waals surface area contributed by atoms with Crippen LogP contribution >= 0.6 is 0 Å². The molecule has 5 N–H and O–H groups in total. The van der Waals surface area contributed by atoms with E-state index in [0.29, 0.717) is 18.4 Å². The molecule has 3 heterocycles. The van der Waals surface area contributed by atoms with E-state index in [-0.39, 0.29) is 65.2 Å². The molecule has 5 aliphatic rings. The van der Waals surface area contributed by atoms with Gasteiger partial charge in [0.15, 0.2) is 29.9 Å². The number of aliphatic hydroxyl groups is 4. The number of hydrogen-bond acceptors (Lipinski definition) is 13. The van der Waals surface area contributed by atoms with Crippen LogP contribution in [0.2, 0.25) is 0 Å².